The highest BCUT2D eigenvalue weighted by Crippen LogP contribution is 2.15. The Hall–Kier alpha value is -1.53. The van der Waals surface area contributed by atoms with Crippen LogP contribution in [0, 0.1) is 12.8 Å². The third-order valence-corrected chi connectivity index (χ3v) is 5.31. The van der Waals surface area contributed by atoms with Crippen LogP contribution < -0.4 is 11.1 Å². The molecule has 0 radical (unpaired) electrons. The molecule has 0 spiro atoms. The van der Waals surface area contributed by atoms with Crippen LogP contribution in [0.25, 0.3) is 0 Å². The van der Waals surface area contributed by atoms with Crippen molar-refractivity contribution in [3.63, 3.8) is 0 Å². The number of nitrogens with zero attached hydrogens (tertiary/aromatic N) is 1. The monoisotopic (exact) mass is 365 g/mol. The first kappa shape index (κ1) is 21.5. The highest BCUT2D eigenvalue weighted by molar-refractivity contribution is 8.01. The predicted octanol–water partition coefficient (Wildman–Crippen LogP) is 2.89. The number of hydrogen-bond donors (Lipinski definition) is 2. The first-order chi connectivity index (χ1) is 11.7. The maximum atomic E-state index is 12.4. The van der Waals surface area contributed by atoms with Gasteiger partial charge in [-0.15, -0.1) is 11.8 Å². The van der Waals surface area contributed by atoms with Gasteiger partial charge in [0.25, 0.3) is 0 Å². The highest BCUT2D eigenvalue weighted by Gasteiger charge is 2.20. The summed E-state index contributed by atoms with van der Waals surface area (Å²) in [5.74, 6) is 0.586. The van der Waals surface area contributed by atoms with Crippen LogP contribution in [0.15, 0.2) is 24.3 Å². The van der Waals surface area contributed by atoms with Gasteiger partial charge in [0, 0.05) is 25.3 Å². The molecule has 3 N–H and O–H groups in total. The number of anilines is 1. The molecule has 2 amide bonds. The number of nitrogens with one attached hydrogen (secondary N) is 1. The molecule has 0 saturated heterocycles. The Morgan fingerprint density at radius 2 is 1.80 bits per heavy atom. The summed E-state index contributed by atoms with van der Waals surface area (Å²) < 4.78 is 0. The third-order valence-electron chi connectivity index (χ3n) is 4.18. The summed E-state index contributed by atoms with van der Waals surface area (Å²) in [6.07, 6.45) is 0.783. The van der Waals surface area contributed by atoms with Gasteiger partial charge in [-0.2, -0.15) is 0 Å². The van der Waals surface area contributed by atoms with E-state index in [9.17, 15) is 9.59 Å². The molecule has 0 bridgehead atoms. The minimum Gasteiger partial charge on any atom is -0.345 e. The summed E-state index contributed by atoms with van der Waals surface area (Å²) in [6, 6.07) is 7.74. The summed E-state index contributed by atoms with van der Waals surface area (Å²) in [5.41, 5.74) is 7.94. The molecular formula is C19H31N3O2S. The van der Waals surface area contributed by atoms with E-state index >= 15 is 0 Å². The van der Waals surface area contributed by atoms with Crippen LogP contribution in [0.3, 0.4) is 0 Å². The molecule has 2 atom stereocenters. The van der Waals surface area contributed by atoms with Crippen LogP contribution in [0.2, 0.25) is 0 Å². The number of nitrogens with two attached hydrogens (primary N) is 1. The molecular weight excluding hydrogens is 334 g/mol. The zero-order valence-corrected chi connectivity index (χ0v) is 16.7. The number of rotatable bonds is 9. The Morgan fingerprint density at radius 1 is 1.20 bits per heavy atom. The van der Waals surface area contributed by atoms with Crippen molar-refractivity contribution in [3.8, 4) is 0 Å². The normalized spacial score (nSPS) is 13.4. The quantitative estimate of drug-likeness (QED) is 0.705. The molecule has 1 aromatic rings. The van der Waals surface area contributed by atoms with E-state index in [1.807, 2.05) is 38.1 Å². The molecule has 1 rings (SSSR count). The van der Waals surface area contributed by atoms with Crippen molar-refractivity contribution >= 4 is 29.3 Å². The van der Waals surface area contributed by atoms with Gasteiger partial charge in [0.15, 0.2) is 0 Å². The van der Waals surface area contributed by atoms with Crippen molar-refractivity contribution in [2.45, 2.75) is 45.4 Å². The molecule has 1 aromatic carbocycles. The van der Waals surface area contributed by atoms with Gasteiger partial charge in [-0.05, 0) is 38.3 Å². The fraction of sp³-hybridized carbons (Fsp3) is 0.579. The van der Waals surface area contributed by atoms with Gasteiger partial charge in [0.2, 0.25) is 11.8 Å². The molecule has 0 heterocycles. The molecule has 25 heavy (non-hydrogen) atoms. The summed E-state index contributed by atoms with van der Waals surface area (Å²) in [5, 5.41) is 2.58. The number of hydrogen-bond acceptors (Lipinski definition) is 4. The average molecular weight is 366 g/mol. The Kier molecular flexibility index (Phi) is 9.00. The molecule has 5 nitrogen and oxygen atoms in total. The van der Waals surface area contributed by atoms with E-state index in [2.05, 4.69) is 19.2 Å². The molecule has 0 aliphatic heterocycles. The minimum absolute atomic E-state index is 0.0316. The number of aryl methyl sites for hydroxylation is 1. The van der Waals surface area contributed by atoms with E-state index in [0.717, 1.165) is 17.7 Å². The average Bonchev–Trinajstić information content (AvgIpc) is 2.58. The maximum Gasteiger partial charge on any atom is 0.235 e. The van der Waals surface area contributed by atoms with Gasteiger partial charge < -0.3 is 16.0 Å². The Morgan fingerprint density at radius 3 is 2.36 bits per heavy atom. The Bertz CT molecular complexity index is 560. The molecule has 6 heteroatoms. The SMILES string of the molecule is Cc1ccc(NC(=O)CSC(C)C(=O)N(C)CCC(N)C(C)C)cc1. The topological polar surface area (TPSA) is 75.4 Å². The molecule has 0 aliphatic carbocycles. The van der Waals surface area contributed by atoms with Gasteiger partial charge in [0.1, 0.15) is 0 Å². The first-order valence-electron chi connectivity index (χ1n) is 8.69. The zero-order valence-electron chi connectivity index (χ0n) is 15.9. The molecule has 0 fully saturated rings. The number of amides is 2. The Labute approximate surface area is 155 Å². The maximum absolute atomic E-state index is 12.4. The summed E-state index contributed by atoms with van der Waals surface area (Å²) in [4.78, 5) is 26.1. The van der Waals surface area contributed by atoms with Crippen molar-refractivity contribution < 1.29 is 9.59 Å². The molecule has 0 aromatic heterocycles. The van der Waals surface area contributed by atoms with Crippen LogP contribution in [-0.4, -0.2) is 47.4 Å². The first-order valence-corrected chi connectivity index (χ1v) is 9.74. The van der Waals surface area contributed by atoms with Crippen LogP contribution in [-0.2, 0) is 9.59 Å². The molecule has 2 unspecified atom stereocenters. The fourth-order valence-corrected chi connectivity index (χ4v) is 3.00. The van der Waals surface area contributed by atoms with E-state index in [1.54, 1.807) is 11.9 Å². The van der Waals surface area contributed by atoms with Gasteiger partial charge in [-0.3, -0.25) is 9.59 Å². The van der Waals surface area contributed by atoms with Crippen molar-refractivity contribution in [2.24, 2.45) is 11.7 Å². The van der Waals surface area contributed by atoms with E-state index < -0.39 is 0 Å². The smallest absolute Gasteiger partial charge is 0.235 e. The van der Waals surface area contributed by atoms with Crippen molar-refractivity contribution in [2.75, 3.05) is 24.7 Å². The van der Waals surface area contributed by atoms with Gasteiger partial charge in [-0.1, -0.05) is 31.5 Å². The lowest BCUT2D eigenvalue weighted by molar-refractivity contribution is -0.129. The molecule has 140 valence electrons. The summed E-state index contributed by atoms with van der Waals surface area (Å²) >= 11 is 1.35. The van der Waals surface area contributed by atoms with Gasteiger partial charge in [0.05, 0.1) is 11.0 Å². The van der Waals surface area contributed by atoms with Gasteiger partial charge in [-0.25, -0.2) is 0 Å². The zero-order chi connectivity index (χ0) is 19.0. The largest absolute Gasteiger partial charge is 0.345 e. The van der Waals surface area contributed by atoms with Gasteiger partial charge >= 0.3 is 0 Å². The predicted molar refractivity (Wildman–Crippen MR) is 107 cm³/mol. The lowest BCUT2D eigenvalue weighted by Crippen LogP contribution is -2.38. The van der Waals surface area contributed by atoms with Crippen LogP contribution in [0.5, 0.6) is 0 Å². The highest BCUT2D eigenvalue weighted by atomic mass is 32.2. The van der Waals surface area contributed by atoms with Crippen molar-refractivity contribution in [1.29, 1.82) is 0 Å². The van der Waals surface area contributed by atoms with E-state index in [4.69, 9.17) is 5.73 Å². The second-order valence-corrected chi connectivity index (χ2v) is 8.15. The third kappa shape index (κ3) is 7.92. The lowest BCUT2D eigenvalue weighted by Gasteiger charge is -2.24. The second kappa shape index (κ2) is 10.5. The lowest BCUT2D eigenvalue weighted by atomic mass is 10.0. The van der Waals surface area contributed by atoms with Crippen LogP contribution in [0.4, 0.5) is 5.69 Å². The minimum atomic E-state index is -0.260. The van der Waals surface area contributed by atoms with E-state index in [1.165, 1.54) is 11.8 Å². The summed E-state index contributed by atoms with van der Waals surface area (Å²) in [7, 11) is 1.79. The molecule has 0 aliphatic rings. The number of carbonyl (C=O) groups excluding carboxylic acids is 2. The Balaban J connectivity index is 2.36. The fourth-order valence-electron chi connectivity index (χ4n) is 2.20. The number of benzene rings is 1. The van der Waals surface area contributed by atoms with E-state index in [0.29, 0.717) is 12.5 Å². The second-order valence-electron chi connectivity index (χ2n) is 6.82. The van der Waals surface area contributed by atoms with Crippen molar-refractivity contribution in [3.05, 3.63) is 29.8 Å². The standard InChI is InChI=1S/C19H31N3O2S/c1-13(2)17(20)10-11-22(5)19(24)15(4)25-12-18(23)21-16-8-6-14(3)7-9-16/h6-9,13,15,17H,10-12,20H2,1-5H3,(H,21,23). The number of thioether (sulfide) groups is 1. The summed E-state index contributed by atoms with van der Waals surface area (Å²) in [6.45, 7) is 8.64. The van der Waals surface area contributed by atoms with E-state index in [-0.39, 0.29) is 28.9 Å². The van der Waals surface area contributed by atoms with Crippen LogP contribution in [0.1, 0.15) is 32.8 Å². The molecule has 0 saturated carbocycles. The number of carbonyl (C=O) groups is 2. The van der Waals surface area contributed by atoms with Crippen LogP contribution >= 0.6 is 11.8 Å². The van der Waals surface area contributed by atoms with Crippen molar-refractivity contribution in [1.82, 2.24) is 4.90 Å².